The Morgan fingerprint density at radius 1 is 1.67 bits per heavy atom. The summed E-state index contributed by atoms with van der Waals surface area (Å²) in [6.45, 7) is 5.85. The monoisotopic (exact) mass is 219 g/mol. The summed E-state index contributed by atoms with van der Waals surface area (Å²) in [7, 11) is 0. The Hall–Kier alpha value is -1.23. The number of nitrogens with two attached hydrogens (primary N) is 1. The summed E-state index contributed by atoms with van der Waals surface area (Å²) in [5.74, 6) is 5.49. The average molecular weight is 219 g/mol. The zero-order chi connectivity index (χ0) is 10.8. The molecule has 3 nitrogen and oxygen atoms in total. The van der Waals surface area contributed by atoms with E-state index in [-0.39, 0.29) is 6.04 Å². The molecule has 4 heteroatoms. The Morgan fingerprint density at radius 3 is 3.13 bits per heavy atom. The zero-order valence-corrected chi connectivity index (χ0v) is 9.34. The Balaban J connectivity index is 2.46. The molecule has 1 atom stereocenters. The first-order chi connectivity index (χ1) is 7.22. The smallest absolute Gasteiger partial charge is 0.0809 e. The lowest BCUT2D eigenvalue weighted by Gasteiger charge is -2.15. The van der Waals surface area contributed by atoms with Gasteiger partial charge in [0, 0.05) is 6.20 Å². The topological polar surface area (TPSA) is 50.9 Å². The number of hydrogen-bond donors (Lipinski definition) is 2. The van der Waals surface area contributed by atoms with Crippen LogP contribution in [0.25, 0.3) is 10.2 Å². The largest absolute Gasteiger partial charge is 0.271 e. The molecule has 3 N–H and O–H groups in total. The minimum absolute atomic E-state index is 0.0241. The fraction of sp³-hybridized carbons (Fsp3) is 0.182. The van der Waals surface area contributed by atoms with Gasteiger partial charge in [0.05, 0.1) is 16.3 Å². The predicted molar refractivity (Wildman–Crippen MR) is 64.5 cm³/mol. The van der Waals surface area contributed by atoms with Crippen LogP contribution >= 0.6 is 11.3 Å². The van der Waals surface area contributed by atoms with Crippen LogP contribution in [0.3, 0.4) is 0 Å². The van der Waals surface area contributed by atoms with Gasteiger partial charge in [-0.3, -0.25) is 10.8 Å². The number of nitrogens with zero attached hydrogens (tertiary/aromatic N) is 1. The van der Waals surface area contributed by atoms with Crippen LogP contribution in [-0.4, -0.2) is 4.98 Å². The molecular formula is C11H13N3S. The Morgan fingerprint density at radius 2 is 2.47 bits per heavy atom. The highest BCUT2D eigenvalue weighted by Gasteiger charge is 2.11. The molecule has 2 rings (SSSR count). The molecule has 0 aliphatic carbocycles. The zero-order valence-electron chi connectivity index (χ0n) is 8.53. The summed E-state index contributed by atoms with van der Waals surface area (Å²) in [6, 6.07) is 4.09. The van der Waals surface area contributed by atoms with E-state index in [0.717, 1.165) is 16.7 Å². The van der Waals surface area contributed by atoms with E-state index in [1.54, 1.807) is 11.3 Å². The molecule has 0 saturated carbocycles. The van der Waals surface area contributed by atoms with E-state index >= 15 is 0 Å². The Bertz CT molecular complexity index is 489. The third kappa shape index (κ3) is 1.92. The molecule has 0 fully saturated rings. The fourth-order valence-electron chi connectivity index (χ4n) is 1.54. The highest BCUT2D eigenvalue weighted by Crippen LogP contribution is 2.25. The fourth-order valence-corrected chi connectivity index (χ4v) is 2.33. The maximum absolute atomic E-state index is 5.49. The second-order valence-corrected chi connectivity index (χ2v) is 4.47. The van der Waals surface area contributed by atoms with E-state index in [1.807, 2.05) is 24.6 Å². The second-order valence-electron chi connectivity index (χ2n) is 3.52. The summed E-state index contributed by atoms with van der Waals surface area (Å²) in [4.78, 5) is 4.37. The summed E-state index contributed by atoms with van der Waals surface area (Å²) in [5.41, 5.74) is 5.81. The lowest BCUT2D eigenvalue weighted by atomic mass is 10.0. The van der Waals surface area contributed by atoms with Gasteiger partial charge in [0.2, 0.25) is 0 Å². The molecule has 15 heavy (non-hydrogen) atoms. The average Bonchev–Trinajstić information content (AvgIpc) is 2.65. The molecule has 0 saturated heterocycles. The van der Waals surface area contributed by atoms with Crippen molar-refractivity contribution in [3.8, 4) is 0 Å². The normalized spacial score (nSPS) is 12.9. The Labute approximate surface area is 92.6 Å². The number of nitrogens with one attached hydrogen (secondary N) is 1. The van der Waals surface area contributed by atoms with Crippen molar-refractivity contribution in [1.29, 1.82) is 0 Å². The molecule has 0 bridgehead atoms. The Kier molecular flexibility index (Phi) is 2.81. The molecule has 0 radical (unpaired) electrons. The molecule has 0 aromatic carbocycles. The van der Waals surface area contributed by atoms with Gasteiger partial charge in [0.15, 0.2) is 0 Å². The van der Waals surface area contributed by atoms with Gasteiger partial charge in [-0.1, -0.05) is 12.2 Å². The van der Waals surface area contributed by atoms with Crippen LogP contribution in [0.15, 0.2) is 35.9 Å². The molecule has 0 aliphatic rings. The van der Waals surface area contributed by atoms with Gasteiger partial charge >= 0.3 is 0 Å². The van der Waals surface area contributed by atoms with Crippen LogP contribution in [0.4, 0.5) is 0 Å². The molecule has 0 spiro atoms. The molecule has 2 aromatic heterocycles. The van der Waals surface area contributed by atoms with Crippen LogP contribution in [-0.2, 0) is 0 Å². The van der Waals surface area contributed by atoms with Gasteiger partial charge in [-0.15, -0.1) is 11.3 Å². The van der Waals surface area contributed by atoms with Gasteiger partial charge in [-0.05, 0) is 30.0 Å². The van der Waals surface area contributed by atoms with Crippen molar-refractivity contribution < 1.29 is 0 Å². The van der Waals surface area contributed by atoms with Crippen molar-refractivity contribution in [2.45, 2.75) is 13.0 Å². The lowest BCUT2D eigenvalue weighted by Crippen LogP contribution is -2.28. The summed E-state index contributed by atoms with van der Waals surface area (Å²) in [5, 5.41) is 2.03. The van der Waals surface area contributed by atoms with Gasteiger partial charge in [-0.25, -0.2) is 5.43 Å². The summed E-state index contributed by atoms with van der Waals surface area (Å²) < 4.78 is 1.18. The van der Waals surface area contributed by atoms with Gasteiger partial charge in [0.1, 0.15) is 0 Å². The highest BCUT2D eigenvalue weighted by molar-refractivity contribution is 7.17. The van der Waals surface area contributed by atoms with Crippen molar-refractivity contribution in [2.24, 2.45) is 5.84 Å². The standard InChI is InChI=1S/C11H13N3S/c1-7(2)11(14-12)8-5-10-9(13-6-8)3-4-15-10/h3-6,11,14H,1,12H2,2H3. The SMILES string of the molecule is C=C(C)C(NN)c1cnc2ccsc2c1. The van der Waals surface area contributed by atoms with Crippen molar-refractivity contribution >= 4 is 21.6 Å². The number of pyridine rings is 1. The third-order valence-electron chi connectivity index (χ3n) is 2.32. The van der Waals surface area contributed by atoms with Crippen molar-refractivity contribution in [1.82, 2.24) is 10.4 Å². The minimum atomic E-state index is -0.0241. The first-order valence-electron chi connectivity index (χ1n) is 4.67. The van der Waals surface area contributed by atoms with E-state index in [2.05, 4.69) is 23.1 Å². The quantitative estimate of drug-likeness (QED) is 0.473. The van der Waals surface area contributed by atoms with E-state index in [1.165, 1.54) is 4.70 Å². The number of hydrazine groups is 1. The van der Waals surface area contributed by atoms with Crippen molar-refractivity contribution in [3.05, 3.63) is 41.4 Å². The lowest BCUT2D eigenvalue weighted by molar-refractivity contribution is 0.626. The summed E-state index contributed by atoms with van der Waals surface area (Å²) >= 11 is 1.68. The molecular weight excluding hydrogens is 206 g/mol. The van der Waals surface area contributed by atoms with E-state index in [9.17, 15) is 0 Å². The van der Waals surface area contributed by atoms with Crippen molar-refractivity contribution in [2.75, 3.05) is 0 Å². The molecule has 2 heterocycles. The molecule has 2 aromatic rings. The van der Waals surface area contributed by atoms with Gasteiger partial charge in [-0.2, -0.15) is 0 Å². The van der Waals surface area contributed by atoms with Crippen LogP contribution < -0.4 is 11.3 Å². The highest BCUT2D eigenvalue weighted by atomic mass is 32.1. The number of fused-ring (bicyclic) bond motifs is 1. The van der Waals surface area contributed by atoms with Gasteiger partial charge < -0.3 is 0 Å². The number of aromatic nitrogens is 1. The number of thiophene rings is 1. The number of hydrogen-bond acceptors (Lipinski definition) is 4. The minimum Gasteiger partial charge on any atom is -0.271 e. The third-order valence-corrected chi connectivity index (χ3v) is 3.17. The molecule has 1 unspecified atom stereocenters. The van der Waals surface area contributed by atoms with Crippen LogP contribution in [0, 0.1) is 0 Å². The maximum atomic E-state index is 5.49. The first-order valence-corrected chi connectivity index (χ1v) is 5.55. The van der Waals surface area contributed by atoms with Gasteiger partial charge in [0.25, 0.3) is 0 Å². The van der Waals surface area contributed by atoms with E-state index < -0.39 is 0 Å². The van der Waals surface area contributed by atoms with Crippen LogP contribution in [0.1, 0.15) is 18.5 Å². The van der Waals surface area contributed by atoms with E-state index in [4.69, 9.17) is 5.84 Å². The molecule has 78 valence electrons. The van der Waals surface area contributed by atoms with Crippen LogP contribution in [0.5, 0.6) is 0 Å². The second kappa shape index (κ2) is 4.10. The molecule has 0 aliphatic heterocycles. The van der Waals surface area contributed by atoms with Crippen molar-refractivity contribution in [3.63, 3.8) is 0 Å². The first kappa shape index (κ1) is 10.3. The molecule has 0 amide bonds. The van der Waals surface area contributed by atoms with Crippen LogP contribution in [0.2, 0.25) is 0 Å². The number of rotatable bonds is 3. The van der Waals surface area contributed by atoms with E-state index in [0.29, 0.717) is 0 Å². The summed E-state index contributed by atoms with van der Waals surface area (Å²) in [6.07, 6.45) is 1.84. The maximum Gasteiger partial charge on any atom is 0.0809 e. The predicted octanol–water partition coefficient (Wildman–Crippen LogP) is 2.38.